The Morgan fingerprint density at radius 3 is 2.73 bits per heavy atom. The molecule has 1 heterocycles. The predicted molar refractivity (Wildman–Crippen MR) is 75.2 cm³/mol. The summed E-state index contributed by atoms with van der Waals surface area (Å²) >= 11 is 0. The Labute approximate surface area is 124 Å². The Balaban J connectivity index is 1.91. The van der Waals surface area contributed by atoms with E-state index in [0.29, 0.717) is 5.56 Å². The third kappa shape index (κ3) is 2.55. The fraction of sp³-hybridized carbons (Fsp3) is 0.125. The highest BCUT2D eigenvalue weighted by Crippen LogP contribution is 2.29. The van der Waals surface area contributed by atoms with E-state index >= 15 is 0 Å². The van der Waals surface area contributed by atoms with Crippen molar-refractivity contribution in [2.45, 2.75) is 6.42 Å². The van der Waals surface area contributed by atoms with E-state index in [4.69, 9.17) is 4.74 Å². The van der Waals surface area contributed by atoms with E-state index in [-0.39, 0.29) is 35.8 Å². The van der Waals surface area contributed by atoms with E-state index < -0.39 is 17.5 Å². The minimum atomic E-state index is -1.06. The number of ketones is 1. The maximum absolute atomic E-state index is 13.2. The summed E-state index contributed by atoms with van der Waals surface area (Å²) in [5.74, 6) is -2.48. The third-order valence-electron chi connectivity index (χ3n) is 3.31. The summed E-state index contributed by atoms with van der Waals surface area (Å²) in [7, 11) is 0. The van der Waals surface area contributed by atoms with Crippen LogP contribution in [0, 0.1) is 11.6 Å². The zero-order valence-corrected chi connectivity index (χ0v) is 11.4. The van der Waals surface area contributed by atoms with Crippen LogP contribution in [-0.4, -0.2) is 18.3 Å². The lowest BCUT2D eigenvalue weighted by molar-refractivity contribution is 0.0931. The van der Waals surface area contributed by atoms with Gasteiger partial charge in [-0.05, 0) is 24.3 Å². The highest BCUT2D eigenvalue weighted by molar-refractivity contribution is 6.10. The zero-order chi connectivity index (χ0) is 15.7. The SMILES string of the molecule is O=C1CCOc2c1cccc2C(=O)Nc1ccc(F)c(F)c1. The number of Topliss-reactive ketones (excluding diaryl/α,β-unsaturated/α-hetero) is 1. The molecule has 0 radical (unpaired) electrons. The van der Waals surface area contributed by atoms with Gasteiger partial charge in [0.1, 0.15) is 5.75 Å². The molecule has 112 valence electrons. The molecule has 0 spiro atoms. The van der Waals surface area contributed by atoms with Crippen LogP contribution < -0.4 is 10.1 Å². The Kier molecular flexibility index (Phi) is 3.58. The molecule has 0 saturated heterocycles. The first kappa shape index (κ1) is 14.2. The number of rotatable bonds is 2. The Morgan fingerprint density at radius 2 is 1.95 bits per heavy atom. The van der Waals surface area contributed by atoms with Crippen molar-refractivity contribution in [3.8, 4) is 5.75 Å². The van der Waals surface area contributed by atoms with Crippen LogP contribution in [0.15, 0.2) is 36.4 Å². The first-order valence-electron chi connectivity index (χ1n) is 6.61. The van der Waals surface area contributed by atoms with Crippen LogP contribution in [0.2, 0.25) is 0 Å². The number of anilines is 1. The number of carbonyl (C=O) groups is 2. The van der Waals surface area contributed by atoms with Crippen molar-refractivity contribution in [3.05, 3.63) is 59.2 Å². The van der Waals surface area contributed by atoms with E-state index in [1.165, 1.54) is 12.1 Å². The standard InChI is InChI=1S/C16H11F2NO3/c17-12-5-4-9(8-13(12)18)19-16(21)11-3-1-2-10-14(20)6-7-22-15(10)11/h1-5,8H,6-7H2,(H,19,21). The second-order valence-corrected chi connectivity index (χ2v) is 4.79. The van der Waals surface area contributed by atoms with E-state index in [9.17, 15) is 18.4 Å². The molecule has 1 aliphatic rings. The average Bonchev–Trinajstić information content (AvgIpc) is 2.51. The molecule has 2 aromatic rings. The lowest BCUT2D eigenvalue weighted by atomic mass is 10.0. The van der Waals surface area contributed by atoms with Gasteiger partial charge in [-0.2, -0.15) is 0 Å². The monoisotopic (exact) mass is 303 g/mol. The van der Waals surface area contributed by atoms with E-state index in [1.54, 1.807) is 12.1 Å². The molecule has 4 nitrogen and oxygen atoms in total. The second-order valence-electron chi connectivity index (χ2n) is 4.79. The summed E-state index contributed by atoms with van der Waals surface area (Å²) in [6, 6.07) is 7.72. The van der Waals surface area contributed by atoms with E-state index in [2.05, 4.69) is 5.32 Å². The van der Waals surface area contributed by atoms with Crippen LogP contribution in [0.25, 0.3) is 0 Å². The van der Waals surface area contributed by atoms with Gasteiger partial charge >= 0.3 is 0 Å². The fourth-order valence-electron chi connectivity index (χ4n) is 2.24. The molecule has 1 aliphatic heterocycles. The minimum Gasteiger partial charge on any atom is -0.492 e. The molecule has 0 bridgehead atoms. The highest BCUT2D eigenvalue weighted by atomic mass is 19.2. The number of fused-ring (bicyclic) bond motifs is 1. The molecule has 0 saturated carbocycles. The highest BCUT2D eigenvalue weighted by Gasteiger charge is 2.24. The number of para-hydroxylation sites is 1. The molecule has 0 atom stereocenters. The average molecular weight is 303 g/mol. The lowest BCUT2D eigenvalue weighted by Crippen LogP contribution is -2.20. The van der Waals surface area contributed by atoms with Crippen LogP contribution in [0.4, 0.5) is 14.5 Å². The number of hydrogen-bond acceptors (Lipinski definition) is 3. The summed E-state index contributed by atoms with van der Waals surface area (Å²) < 4.78 is 31.5. The molecule has 0 unspecified atom stereocenters. The van der Waals surface area contributed by atoms with Crippen molar-refractivity contribution >= 4 is 17.4 Å². The summed E-state index contributed by atoms with van der Waals surface area (Å²) in [6.07, 6.45) is 0.265. The number of ether oxygens (including phenoxy) is 1. The number of benzene rings is 2. The largest absolute Gasteiger partial charge is 0.492 e. The van der Waals surface area contributed by atoms with Gasteiger partial charge in [0.15, 0.2) is 17.4 Å². The summed E-state index contributed by atoms with van der Waals surface area (Å²) in [6.45, 7) is 0.210. The van der Waals surface area contributed by atoms with Crippen LogP contribution in [-0.2, 0) is 0 Å². The molecule has 3 rings (SSSR count). The Hall–Kier alpha value is -2.76. The number of hydrogen-bond donors (Lipinski definition) is 1. The van der Waals surface area contributed by atoms with Gasteiger partial charge in [-0.25, -0.2) is 8.78 Å². The van der Waals surface area contributed by atoms with E-state index in [1.807, 2.05) is 0 Å². The van der Waals surface area contributed by atoms with Crippen LogP contribution in [0.1, 0.15) is 27.1 Å². The van der Waals surface area contributed by atoms with Gasteiger partial charge in [0, 0.05) is 18.2 Å². The normalized spacial score (nSPS) is 13.3. The smallest absolute Gasteiger partial charge is 0.259 e. The molecular formula is C16H11F2NO3. The molecular weight excluding hydrogens is 292 g/mol. The zero-order valence-electron chi connectivity index (χ0n) is 11.4. The summed E-state index contributed by atoms with van der Waals surface area (Å²) in [5, 5.41) is 2.45. The molecule has 1 N–H and O–H groups in total. The third-order valence-corrected chi connectivity index (χ3v) is 3.31. The Bertz CT molecular complexity index is 774. The topological polar surface area (TPSA) is 55.4 Å². The molecule has 22 heavy (non-hydrogen) atoms. The van der Waals surface area contributed by atoms with Gasteiger partial charge in [-0.1, -0.05) is 6.07 Å². The van der Waals surface area contributed by atoms with Crippen LogP contribution in [0.5, 0.6) is 5.75 Å². The summed E-state index contributed by atoms with van der Waals surface area (Å²) in [4.78, 5) is 24.1. The van der Waals surface area contributed by atoms with Gasteiger partial charge in [-0.3, -0.25) is 9.59 Å². The van der Waals surface area contributed by atoms with Crippen LogP contribution >= 0.6 is 0 Å². The number of amides is 1. The Morgan fingerprint density at radius 1 is 1.14 bits per heavy atom. The van der Waals surface area contributed by atoms with Crippen molar-refractivity contribution in [3.63, 3.8) is 0 Å². The minimum absolute atomic E-state index is 0.0938. The van der Waals surface area contributed by atoms with Gasteiger partial charge in [0.25, 0.3) is 5.91 Å². The maximum Gasteiger partial charge on any atom is 0.259 e. The van der Waals surface area contributed by atoms with Gasteiger partial charge in [0.2, 0.25) is 0 Å². The molecule has 0 aliphatic carbocycles. The molecule has 1 amide bonds. The van der Waals surface area contributed by atoms with Gasteiger partial charge in [0.05, 0.1) is 17.7 Å². The maximum atomic E-state index is 13.2. The van der Waals surface area contributed by atoms with Crippen molar-refractivity contribution in [2.75, 3.05) is 11.9 Å². The first-order valence-corrected chi connectivity index (χ1v) is 6.61. The van der Waals surface area contributed by atoms with E-state index in [0.717, 1.165) is 12.1 Å². The molecule has 6 heteroatoms. The first-order chi connectivity index (χ1) is 10.6. The second kappa shape index (κ2) is 5.55. The summed E-state index contributed by atoms with van der Waals surface area (Å²) in [5.41, 5.74) is 0.642. The van der Waals surface area contributed by atoms with Crippen LogP contribution in [0.3, 0.4) is 0 Å². The quantitative estimate of drug-likeness (QED) is 0.927. The van der Waals surface area contributed by atoms with Crippen molar-refractivity contribution in [2.24, 2.45) is 0 Å². The molecule has 0 fully saturated rings. The number of halogens is 2. The van der Waals surface area contributed by atoms with Gasteiger partial charge in [-0.15, -0.1) is 0 Å². The van der Waals surface area contributed by atoms with Crippen molar-refractivity contribution < 1.29 is 23.1 Å². The number of nitrogens with one attached hydrogen (secondary N) is 1. The molecule has 2 aromatic carbocycles. The van der Waals surface area contributed by atoms with Crippen molar-refractivity contribution in [1.29, 1.82) is 0 Å². The van der Waals surface area contributed by atoms with Gasteiger partial charge < -0.3 is 10.1 Å². The molecule has 0 aromatic heterocycles. The lowest BCUT2D eigenvalue weighted by Gasteiger charge is -2.19. The predicted octanol–water partition coefficient (Wildman–Crippen LogP) is 3.18. The number of carbonyl (C=O) groups excluding carboxylic acids is 2. The fourth-order valence-corrected chi connectivity index (χ4v) is 2.24. The van der Waals surface area contributed by atoms with Crippen molar-refractivity contribution in [1.82, 2.24) is 0 Å².